The molecule has 0 saturated heterocycles. The number of hydrogen-bond donors (Lipinski definition) is 1. The van der Waals surface area contributed by atoms with E-state index in [9.17, 15) is 14.4 Å². The zero-order chi connectivity index (χ0) is 17.1. The highest BCUT2D eigenvalue weighted by atomic mass is 79.9. The molecular formula is C18H15BrN2O3. The molecule has 2 aromatic carbocycles. The Labute approximate surface area is 147 Å². The van der Waals surface area contributed by atoms with E-state index in [2.05, 4.69) is 21.2 Å². The molecule has 1 N–H and O–H groups in total. The largest absolute Gasteiger partial charge is 0.326 e. The van der Waals surface area contributed by atoms with Crippen LogP contribution in [0.15, 0.2) is 53.0 Å². The van der Waals surface area contributed by atoms with Crippen molar-refractivity contribution in [2.45, 2.75) is 12.8 Å². The molecule has 0 unspecified atom stereocenters. The Hall–Kier alpha value is -2.47. The smallest absolute Gasteiger partial charge is 0.260 e. The van der Waals surface area contributed by atoms with Gasteiger partial charge in [-0.05, 0) is 29.8 Å². The molecule has 3 rings (SSSR count). The first kappa shape index (κ1) is 16.4. The van der Waals surface area contributed by atoms with Crippen molar-refractivity contribution in [2.75, 3.05) is 11.9 Å². The number of carbonyl (C=O) groups is 3. The highest BCUT2D eigenvalue weighted by Crippen LogP contribution is 2.20. The predicted molar refractivity (Wildman–Crippen MR) is 93.6 cm³/mol. The number of benzene rings is 2. The van der Waals surface area contributed by atoms with Crippen LogP contribution in [-0.2, 0) is 16.0 Å². The lowest BCUT2D eigenvalue weighted by Gasteiger charge is -2.26. The van der Waals surface area contributed by atoms with Gasteiger partial charge in [0.25, 0.3) is 5.91 Å². The van der Waals surface area contributed by atoms with Crippen LogP contribution in [0.3, 0.4) is 0 Å². The highest BCUT2D eigenvalue weighted by molar-refractivity contribution is 9.10. The van der Waals surface area contributed by atoms with Gasteiger partial charge in [0.05, 0.1) is 6.42 Å². The van der Waals surface area contributed by atoms with Crippen LogP contribution in [-0.4, -0.2) is 29.2 Å². The Morgan fingerprint density at radius 1 is 1.12 bits per heavy atom. The van der Waals surface area contributed by atoms with Gasteiger partial charge < -0.3 is 5.32 Å². The molecule has 1 heterocycles. The van der Waals surface area contributed by atoms with E-state index in [0.29, 0.717) is 11.3 Å². The second-order valence-corrected chi connectivity index (χ2v) is 6.41. The summed E-state index contributed by atoms with van der Waals surface area (Å²) in [5.74, 6) is -0.849. The summed E-state index contributed by atoms with van der Waals surface area (Å²) in [4.78, 5) is 37.8. The SMILES string of the molecule is O=C(CCN1C(=O)Cc2ccccc2C1=O)Nc1cccc(Br)c1. The van der Waals surface area contributed by atoms with Crippen LogP contribution < -0.4 is 5.32 Å². The second-order valence-electron chi connectivity index (χ2n) is 5.49. The molecule has 2 aromatic rings. The molecule has 0 aliphatic carbocycles. The molecule has 6 heteroatoms. The number of imide groups is 1. The van der Waals surface area contributed by atoms with Gasteiger partial charge >= 0.3 is 0 Å². The Morgan fingerprint density at radius 2 is 1.92 bits per heavy atom. The summed E-state index contributed by atoms with van der Waals surface area (Å²) in [6, 6.07) is 14.3. The number of hydrogen-bond acceptors (Lipinski definition) is 3. The number of amides is 3. The number of rotatable bonds is 4. The van der Waals surface area contributed by atoms with Crippen molar-refractivity contribution in [2.24, 2.45) is 0 Å². The number of anilines is 1. The fourth-order valence-corrected chi connectivity index (χ4v) is 3.03. The van der Waals surface area contributed by atoms with Gasteiger partial charge in [0.2, 0.25) is 11.8 Å². The number of nitrogens with one attached hydrogen (secondary N) is 1. The van der Waals surface area contributed by atoms with Crippen LogP contribution in [0.2, 0.25) is 0 Å². The van der Waals surface area contributed by atoms with Crippen molar-refractivity contribution in [1.29, 1.82) is 0 Å². The number of carbonyl (C=O) groups excluding carboxylic acids is 3. The average molecular weight is 387 g/mol. The number of halogens is 1. The van der Waals surface area contributed by atoms with Gasteiger partial charge in [-0.3, -0.25) is 19.3 Å². The molecule has 0 atom stereocenters. The van der Waals surface area contributed by atoms with Crippen molar-refractivity contribution in [1.82, 2.24) is 4.90 Å². The van der Waals surface area contributed by atoms with E-state index in [4.69, 9.17) is 0 Å². The van der Waals surface area contributed by atoms with Crippen LogP contribution in [0.1, 0.15) is 22.3 Å². The van der Waals surface area contributed by atoms with E-state index in [1.165, 1.54) is 0 Å². The summed E-state index contributed by atoms with van der Waals surface area (Å²) < 4.78 is 0.860. The van der Waals surface area contributed by atoms with Crippen LogP contribution in [0.4, 0.5) is 5.69 Å². The topological polar surface area (TPSA) is 66.5 Å². The lowest BCUT2D eigenvalue weighted by Crippen LogP contribution is -2.43. The molecule has 0 fully saturated rings. The molecule has 0 radical (unpaired) electrons. The molecule has 0 bridgehead atoms. The van der Waals surface area contributed by atoms with Gasteiger partial charge in [-0.2, -0.15) is 0 Å². The van der Waals surface area contributed by atoms with Crippen LogP contribution >= 0.6 is 15.9 Å². The van der Waals surface area contributed by atoms with Crippen molar-refractivity contribution < 1.29 is 14.4 Å². The summed E-state index contributed by atoms with van der Waals surface area (Å²) >= 11 is 3.34. The van der Waals surface area contributed by atoms with E-state index in [1.807, 2.05) is 12.1 Å². The van der Waals surface area contributed by atoms with Gasteiger partial charge in [0.1, 0.15) is 0 Å². The zero-order valence-electron chi connectivity index (χ0n) is 12.8. The molecule has 0 spiro atoms. The van der Waals surface area contributed by atoms with Crippen LogP contribution in [0, 0.1) is 0 Å². The molecule has 3 amide bonds. The first-order valence-corrected chi connectivity index (χ1v) is 8.32. The summed E-state index contributed by atoms with van der Waals surface area (Å²) in [6.45, 7) is 0.0752. The third-order valence-corrected chi connectivity index (χ3v) is 4.30. The predicted octanol–water partition coefficient (Wildman–Crippen LogP) is 3.00. The second kappa shape index (κ2) is 6.97. The lowest BCUT2D eigenvalue weighted by atomic mass is 9.98. The molecule has 0 aromatic heterocycles. The van der Waals surface area contributed by atoms with E-state index >= 15 is 0 Å². The van der Waals surface area contributed by atoms with Crippen molar-refractivity contribution >= 4 is 39.3 Å². The van der Waals surface area contributed by atoms with Gasteiger partial charge in [-0.15, -0.1) is 0 Å². The lowest BCUT2D eigenvalue weighted by molar-refractivity contribution is -0.128. The Balaban J connectivity index is 1.63. The normalized spacial score (nSPS) is 13.6. The minimum Gasteiger partial charge on any atom is -0.326 e. The summed E-state index contributed by atoms with van der Waals surface area (Å²) in [6.07, 6.45) is 0.251. The van der Waals surface area contributed by atoms with E-state index in [-0.39, 0.29) is 37.1 Å². The van der Waals surface area contributed by atoms with E-state index in [1.54, 1.807) is 36.4 Å². The summed E-state index contributed by atoms with van der Waals surface area (Å²) in [5, 5.41) is 2.75. The summed E-state index contributed by atoms with van der Waals surface area (Å²) in [5.41, 5.74) is 1.93. The van der Waals surface area contributed by atoms with Gasteiger partial charge in [0, 0.05) is 28.7 Å². The first-order chi connectivity index (χ1) is 11.5. The Kier molecular flexibility index (Phi) is 4.76. The van der Waals surface area contributed by atoms with Crippen molar-refractivity contribution in [3.8, 4) is 0 Å². The maximum absolute atomic E-state index is 12.4. The minimum atomic E-state index is -0.336. The molecular weight excluding hydrogens is 372 g/mol. The third kappa shape index (κ3) is 3.54. The molecule has 24 heavy (non-hydrogen) atoms. The maximum atomic E-state index is 12.4. The Bertz CT molecular complexity index is 819. The van der Waals surface area contributed by atoms with Crippen LogP contribution in [0.25, 0.3) is 0 Å². The fraction of sp³-hybridized carbons (Fsp3) is 0.167. The number of fused-ring (bicyclic) bond motifs is 1. The van der Waals surface area contributed by atoms with E-state index in [0.717, 1.165) is 14.9 Å². The molecule has 5 nitrogen and oxygen atoms in total. The van der Waals surface area contributed by atoms with Crippen molar-refractivity contribution in [3.63, 3.8) is 0 Å². The van der Waals surface area contributed by atoms with Gasteiger partial charge in [-0.25, -0.2) is 0 Å². The molecule has 0 saturated carbocycles. The van der Waals surface area contributed by atoms with Gasteiger partial charge in [-0.1, -0.05) is 40.2 Å². The quantitative estimate of drug-likeness (QED) is 0.821. The van der Waals surface area contributed by atoms with Gasteiger partial charge in [0.15, 0.2) is 0 Å². The third-order valence-electron chi connectivity index (χ3n) is 3.81. The number of nitrogens with zero attached hydrogens (tertiary/aromatic N) is 1. The maximum Gasteiger partial charge on any atom is 0.260 e. The Morgan fingerprint density at radius 3 is 2.71 bits per heavy atom. The molecule has 1 aliphatic heterocycles. The van der Waals surface area contributed by atoms with E-state index < -0.39 is 0 Å². The standard InChI is InChI=1S/C18H15BrN2O3/c19-13-5-3-6-14(11-13)20-16(22)8-9-21-17(23)10-12-4-1-2-7-15(12)18(21)24/h1-7,11H,8-10H2,(H,20,22). The highest BCUT2D eigenvalue weighted by Gasteiger charge is 2.30. The van der Waals surface area contributed by atoms with Crippen LogP contribution in [0.5, 0.6) is 0 Å². The summed E-state index contributed by atoms with van der Waals surface area (Å²) in [7, 11) is 0. The zero-order valence-corrected chi connectivity index (χ0v) is 14.4. The first-order valence-electron chi connectivity index (χ1n) is 7.52. The monoisotopic (exact) mass is 386 g/mol. The average Bonchev–Trinajstić information content (AvgIpc) is 2.54. The fourth-order valence-electron chi connectivity index (χ4n) is 2.63. The molecule has 1 aliphatic rings. The minimum absolute atomic E-state index is 0.0617. The molecule has 122 valence electrons. The van der Waals surface area contributed by atoms with Crippen molar-refractivity contribution in [3.05, 3.63) is 64.1 Å².